The third kappa shape index (κ3) is 5.00. The van der Waals surface area contributed by atoms with Crippen molar-refractivity contribution in [3.63, 3.8) is 0 Å². The molecule has 0 saturated heterocycles. The van der Waals surface area contributed by atoms with Crippen molar-refractivity contribution in [3.8, 4) is 0 Å². The van der Waals surface area contributed by atoms with Crippen molar-refractivity contribution < 1.29 is 4.79 Å². The van der Waals surface area contributed by atoms with Crippen LogP contribution in [0.25, 0.3) is 0 Å². The first-order valence-corrected chi connectivity index (χ1v) is 6.23. The second-order valence-corrected chi connectivity index (χ2v) is 4.45. The molecule has 0 aliphatic heterocycles. The van der Waals surface area contributed by atoms with Crippen LogP contribution in [0, 0.1) is 0 Å². The van der Waals surface area contributed by atoms with Crippen molar-refractivity contribution in [2.24, 2.45) is 5.73 Å². The van der Waals surface area contributed by atoms with E-state index in [1.807, 2.05) is 32.0 Å². The highest BCUT2D eigenvalue weighted by Gasteiger charge is 2.13. The second-order valence-electron chi connectivity index (χ2n) is 4.45. The molecule has 0 saturated carbocycles. The fourth-order valence-electron chi connectivity index (χ4n) is 1.64. The maximum absolute atomic E-state index is 11.6. The Morgan fingerprint density at radius 2 is 2.00 bits per heavy atom. The summed E-state index contributed by atoms with van der Waals surface area (Å²) in [4.78, 5) is 11.6. The highest BCUT2D eigenvalue weighted by atomic mass is 16.2. The minimum Gasteiger partial charge on any atom is -0.352 e. The summed E-state index contributed by atoms with van der Waals surface area (Å²) in [6.07, 6.45) is 2.59. The number of carbonyl (C=O) groups excluding carboxylic acids is 1. The Kier molecular flexibility index (Phi) is 5.70. The molecule has 0 radical (unpaired) electrons. The van der Waals surface area contributed by atoms with Gasteiger partial charge in [-0.2, -0.15) is 0 Å². The van der Waals surface area contributed by atoms with E-state index in [9.17, 15) is 4.79 Å². The van der Waals surface area contributed by atoms with Gasteiger partial charge in [-0.25, -0.2) is 0 Å². The SMILES string of the molecule is CC[C@H](N)C(=O)NC(C)CCc1ccccc1. The van der Waals surface area contributed by atoms with Crippen LogP contribution in [0.1, 0.15) is 32.3 Å². The Morgan fingerprint density at radius 3 is 2.59 bits per heavy atom. The topological polar surface area (TPSA) is 55.1 Å². The van der Waals surface area contributed by atoms with Crippen LogP contribution in [-0.2, 0) is 11.2 Å². The molecular weight excluding hydrogens is 212 g/mol. The molecule has 1 aromatic rings. The lowest BCUT2D eigenvalue weighted by Crippen LogP contribution is -2.44. The second kappa shape index (κ2) is 7.07. The largest absolute Gasteiger partial charge is 0.352 e. The van der Waals surface area contributed by atoms with Crippen molar-refractivity contribution in [2.75, 3.05) is 0 Å². The van der Waals surface area contributed by atoms with Crippen molar-refractivity contribution in [2.45, 2.75) is 45.2 Å². The molecule has 0 fully saturated rings. The Morgan fingerprint density at radius 1 is 1.35 bits per heavy atom. The van der Waals surface area contributed by atoms with Gasteiger partial charge in [0.1, 0.15) is 0 Å². The summed E-state index contributed by atoms with van der Waals surface area (Å²) in [7, 11) is 0. The summed E-state index contributed by atoms with van der Waals surface area (Å²) in [6.45, 7) is 3.93. The van der Waals surface area contributed by atoms with E-state index in [0.717, 1.165) is 12.8 Å². The fraction of sp³-hybridized carbons (Fsp3) is 0.500. The van der Waals surface area contributed by atoms with Gasteiger partial charge in [0.05, 0.1) is 6.04 Å². The standard InChI is InChI=1S/C14H22N2O/c1-3-13(15)14(17)16-11(2)9-10-12-7-5-4-6-8-12/h4-8,11,13H,3,9-10,15H2,1-2H3,(H,16,17)/t11?,13-/m0/s1. The zero-order chi connectivity index (χ0) is 12.7. The number of hydrogen-bond acceptors (Lipinski definition) is 2. The first-order valence-electron chi connectivity index (χ1n) is 6.23. The van der Waals surface area contributed by atoms with Crippen LogP contribution in [0.3, 0.4) is 0 Å². The lowest BCUT2D eigenvalue weighted by Gasteiger charge is -2.16. The molecule has 0 aliphatic carbocycles. The summed E-state index contributed by atoms with van der Waals surface area (Å²) >= 11 is 0. The maximum atomic E-state index is 11.6. The summed E-state index contributed by atoms with van der Waals surface area (Å²) in [5, 5.41) is 2.94. The van der Waals surface area contributed by atoms with Crippen LogP contribution >= 0.6 is 0 Å². The number of aryl methyl sites for hydroxylation is 1. The van der Waals surface area contributed by atoms with Gasteiger partial charge < -0.3 is 11.1 Å². The predicted molar refractivity (Wildman–Crippen MR) is 70.6 cm³/mol. The molecule has 1 unspecified atom stereocenters. The normalized spacial score (nSPS) is 14.1. The van der Waals surface area contributed by atoms with Crippen LogP contribution in [0.2, 0.25) is 0 Å². The van der Waals surface area contributed by atoms with Crippen LogP contribution in [0.5, 0.6) is 0 Å². The van der Waals surface area contributed by atoms with E-state index in [1.54, 1.807) is 0 Å². The molecule has 1 rings (SSSR count). The Labute approximate surface area is 103 Å². The van der Waals surface area contributed by atoms with E-state index < -0.39 is 0 Å². The van der Waals surface area contributed by atoms with Gasteiger partial charge in [0, 0.05) is 6.04 Å². The molecule has 3 nitrogen and oxygen atoms in total. The number of rotatable bonds is 6. The lowest BCUT2D eigenvalue weighted by molar-refractivity contribution is -0.123. The van der Waals surface area contributed by atoms with Crippen molar-refractivity contribution in [3.05, 3.63) is 35.9 Å². The Hall–Kier alpha value is -1.35. The molecule has 0 aliphatic rings. The summed E-state index contributed by atoms with van der Waals surface area (Å²) in [5.41, 5.74) is 6.96. The monoisotopic (exact) mass is 234 g/mol. The van der Waals surface area contributed by atoms with E-state index in [-0.39, 0.29) is 18.0 Å². The van der Waals surface area contributed by atoms with E-state index in [0.29, 0.717) is 6.42 Å². The molecule has 3 heteroatoms. The fourth-order valence-corrected chi connectivity index (χ4v) is 1.64. The minimum atomic E-state index is -0.380. The molecule has 2 atom stereocenters. The zero-order valence-electron chi connectivity index (χ0n) is 10.6. The van der Waals surface area contributed by atoms with Gasteiger partial charge in [-0.05, 0) is 31.7 Å². The Balaban J connectivity index is 2.30. The van der Waals surface area contributed by atoms with E-state index >= 15 is 0 Å². The summed E-state index contributed by atoms with van der Waals surface area (Å²) in [5.74, 6) is -0.0481. The van der Waals surface area contributed by atoms with Gasteiger partial charge in [-0.1, -0.05) is 37.3 Å². The van der Waals surface area contributed by atoms with Gasteiger partial charge >= 0.3 is 0 Å². The molecular formula is C14H22N2O. The van der Waals surface area contributed by atoms with Gasteiger partial charge in [-0.15, -0.1) is 0 Å². The predicted octanol–water partition coefficient (Wildman–Crippen LogP) is 1.86. The van der Waals surface area contributed by atoms with Gasteiger partial charge in [0.2, 0.25) is 5.91 Å². The Bertz CT molecular complexity index is 337. The van der Waals surface area contributed by atoms with Crippen LogP contribution < -0.4 is 11.1 Å². The number of amides is 1. The first kappa shape index (κ1) is 13.7. The molecule has 0 aromatic heterocycles. The van der Waals surface area contributed by atoms with Crippen molar-refractivity contribution in [1.29, 1.82) is 0 Å². The van der Waals surface area contributed by atoms with Crippen molar-refractivity contribution in [1.82, 2.24) is 5.32 Å². The summed E-state index contributed by atoms with van der Waals surface area (Å²) in [6, 6.07) is 10.1. The minimum absolute atomic E-state index is 0.0481. The summed E-state index contributed by atoms with van der Waals surface area (Å²) < 4.78 is 0. The number of carbonyl (C=O) groups is 1. The van der Waals surface area contributed by atoms with Gasteiger partial charge in [0.15, 0.2) is 0 Å². The third-order valence-corrected chi connectivity index (χ3v) is 2.87. The van der Waals surface area contributed by atoms with Crippen LogP contribution in [0.4, 0.5) is 0 Å². The highest BCUT2D eigenvalue weighted by molar-refractivity contribution is 5.81. The lowest BCUT2D eigenvalue weighted by atomic mass is 10.1. The third-order valence-electron chi connectivity index (χ3n) is 2.87. The molecule has 17 heavy (non-hydrogen) atoms. The average Bonchev–Trinajstić information content (AvgIpc) is 2.36. The van der Waals surface area contributed by atoms with Gasteiger partial charge in [0.25, 0.3) is 0 Å². The van der Waals surface area contributed by atoms with Crippen molar-refractivity contribution >= 4 is 5.91 Å². The van der Waals surface area contributed by atoms with E-state index in [1.165, 1.54) is 5.56 Å². The quantitative estimate of drug-likeness (QED) is 0.789. The van der Waals surface area contributed by atoms with E-state index in [4.69, 9.17) is 5.73 Å². The molecule has 1 amide bonds. The highest BCUT2D eigenvalue weighted by Crippen LogP contribution is 2.04. The average molecular weight is 234 g/mol. The zero-order valence-corrected chi connectivity index (χ0v) is 10.6. The van der Waals surface area contributed by atoms with Crippen LogP contribution in [-0.4, -0.2) is 18.0 Å². The van der Waals surface area contributed by atoms with Crippen LogP contribution in [0.15, 0.2) is 30.3 Å². The molecule has 3 N–H and O–H groups in total. The number of nitrogens with one attached hydrogen (secondary N) is 1. The first-order chi connectivity index (χ1) is 8.13. The van der Waals surface area contributed by atoms with Gasteiger partial charge in [-0.3, -0.25) is 4.79 Å². The molecule has 0 spiro atoms. The molecule has 94 valence electrons. The number of benzene rings is 1. The van der Waals surface area contributed by atoms with E-state index in [2.05, 4.69) is 17.4 Å². The molecule has 1 aromatic carbocycles. The molecule has 0 bridgehead atoms. The molecule has 0 heterocycles. The maximum Gasteiger partial charge on any atom is 0.237 e. The number of nitrogens with two attached hydrogens (primary N) is 1. The number of hydrogen-bond donors (Lipinski definition) is 2. The smallest absolute Gasteiger partial charge is 0.237 e.